The SMILES string of the molecule is CNC(CCN(CCO)CCO)c1ccc(F)cn1. The molecule has 1 heterocycles. The Hall–Kier alpha value is -1.08. The Morgan fingerprint density at radius 1 is 1.26 bits per heavy atom. The standard InChI is InChI=1S/C13H22FN3O2/c1-15-12(13-3-2-11(14)10-16-13)4-5-17(6-8-18)7-9-19/h2-3,10,12,15,18-19H,4-9H2,1H3. The number of aromatic nitrogens is 1. The molecule has 0 spiro atoms. The van der Waals surface area contributed by atoms with Gasteiger partial charge in [-0.15, -0.1) is 0 Å². The van der Waals surface area contributed by atoms with Gasteiger partial charge < -0.3 is 15.5 Å². The first-order chi connectivity index (χ1) is 9.21. The molecule has 0 saturated heterocycles. The van der Waals surface area contributed by atoms with E-state index in [1.807, 2.05) is 11.9 Å². The van der Waals surface area contributed by atoms with Gasteiger partial charge in [0.2, 0.25) is 0 Å². The molecule has 1 aromatic rings. The van der Waals surface area contributed by atoms with E-state index in [1.54, 1.807) is 6.07 Å². The fraction of sp³-hybridized carbons (Fsp3) is 0.615. The number of pyridine rings is 1. The molecule has 6 heteroatoms. The van der Waals surface area contributed by atoms with Crippen LogP contribution in [-0.4, -0.2) is 60.0 Å². The van der Waals surface area contributed by atoms with Crippen LogP contribution >= 0.6 is 0 Å². The molecule has 0 aliphatic heterocycles. The Kier molecular flexibility index (Phi) is 7.50. The number of aliphatic hydroxyl groups is 2. The predicted octanol–water partition coefficient (Wildman–Crippen LogP) is 0.158. The topological polar surface area (TPSA) is 68.6 Å². The fourth-order valence-electron chi connectivity index (χ4n) is 1.96. The van der Waals surface area contributed by atoms with Gasteiger partial charge in [-0.1, -0.05) is 0 Å². The van der Waals surface area contributed by atoms with Crippen molar-refractivity contribution in [2.24, 2.45) is 0 Å². The van der Waals surface area contributed by atoms with Gasteiger partial charge in [0.1, 0.15) is 5.82 Å². The maximum Gasteiger partial charge on any atom is 0.141 e. The van der Waals surface area contributed by atoms with Crippen LogP contribution < -0.4 is 5.32 Å². The zero-order valence-electron chi connectivity index (χ0n) is 11.2. The second kappa shape index (κ2) is 8.92. The summed E-state index contributed by atoms with van der Waals surface area (Å²) in [5, 5.41) is 21.0. The maximum absolute atomic E-state index is 12.8. The summed E-state index contributed by atoms with van der Waals surface area (Å²) in [5.41, 5.74) is 0.789. The largest absolute Gasteiger partial charge is 0.395 e. The van der Waals surface area contributed by atoms with Gasteiger partial charge in [0.05, 0.1) is 31.1 Å². The quantitative estimate of drug-likeness (QED) is 0.597. The predicted molar refractivity (Wildman–Crippen MR) is 71.2 cm³/mol. The molecular formula is C13H22FN3O2. The number of hydrogen-bond donors (Lipinski definition) is 3. The monoisotopic (exact) mass is 271 g/mol. The summed E-state index contributed by atoms with van der Waals surface area (Å²) in [4.78, 5) is 6.04. The van der Waals surface area contributed by atoms with Crippen LogP contribution in [0.1, 0.15) is 18.2 Å². The summed E-state index contributed by atoms with van der Waals surface area (Å²) in [6, 6.07) is 3.09. The van der Waals surface area contributed by atoms with Crippen LogP contribution in [0, 0.1) is 5.82 Å². The zero-order chi connectivity index (χ0) is 14.1. The van der Waals surface area contributed by atoms with Gasteiger partial charge in [-0.2, -0.15) is 0 Å². The van der Waals surface area contributed by atoms with Gasteiger partial charge in [-0.05, 0) is 25.6 Å². The molecule has 1 aromatic heterocycles. The van der Waals surface area contributed by atoms with Gasteiger partial charge in [0, 0.05) is 19.6 Å². The van der Waals surface area contributed by atoms with E-state index < -0.39 is 0 Å². The highest BCUT2D eigenvalue weighted by molar-refractivity contribution is 5.09. The van der Waals surface area contributed by atoms with Crippen LogP contribution in [0.4, 0.5) is 4.39 Å². The number of aliphatic hydroxyl groups excluding tert-OH is 2. The number of nitrogens with one attached hydrogen (secondary N) is 1. The Morgan fingerprint density at radius 3 is 2.42 bits per heavy atom. The molecule has 0 radical (unpaired) electrons. The zero-order valence-corrected chi connectivity index (χ0v) is 11.2. The number of rotatable bonds is 9. The van der Waals surface area contributed by atoms with Crippen LogP contribution in [0.2, 0.25) is 0 Å². The first kappa shape index (κ1) is 16.0. The van der Waals surface area contributed by atoms with Crippen LogP contribution in [0.25, 0.3) is 0 Å². The van der Waals surface area contributed by atoms with E-state index in [4.69, 9.17) is 10.2 Å². The van der Waals surface area contributed by atoms with E-state index in [-0.39, 0.29) is 25.1 Å². The molecule has 19 heavy (non-hydrogen) atoms. The third kappa shape index (κ3) is 5.61. The second-order valence-electron chi connectivity index (χ2n) is 4.32. The van der Waals surface area contributed by atoms with E-state index in [9.17, 15) is 4.39 Å². The van der Waals surface area contributed by atoms with Crippen LogP contribution in [0.5, 0.6) is 0 Å². The normalized spacial score (nSPS) is 12.9. The van der Waals surface area contributed by atoms with Gasteiger partial charge in [0.15, 0.2) is 0 Å². The number of nitrogens with zero attached hydrogens (tertiary/aromatic N) is 2. The average Bonchev–Trinajstić information content (AvgIpc) is 2.41. The molecule has 1 atom stereocenters. The molecule has 0 aliphatic rings. The van der Waals surface area contributed by atoms with E-state index >= 15 is 0 Å². The minimum Gasteiger partial charge on any atom is -0.395 e. The summed E-state index contributed by atoms with van der Waals surface area (Å²) in [7, 11) is 1.83. The first-order valence-corrected chi connectivity index (χ1v) is 6.44. The van der Waals surface area contributed by atoms with Crippen molar-refractivity contribution in [3.05, 3.63) is 29.8 Å². The highest BCUT2D eigenvalue weighted by atomic mass is 19.1. The summed E-state index contributed by atoms with van der Waals surface area (Å²) >= 11 is 0. The minimum absolute atomic E-state index is 0.0282. The van der Waals surface area contributed by atoms with Crippen molar-refractivity contribution in [1.82, 2.24) is 15.2 Å². The van der Waals surface area contributed by atoms with Crippen molar-refractivity contribution in [2.75, 3.05) is 39.9 Å². The van der Waals surface area contributed by atoms with Crippen molar-refractivity contribution in [3.63, 3.8) is 0 Å². The maximum atomic E-state index is 12.8. The van der Waals surface area contributed by atoms with Gasteiger partial charge in [-0.3, -0.25) is 9.88 Å². The Bertz CT molecular complexity index is 342. The molecule has 0 aliphatic carbocycles. The van der Waals surface area contributed by atoms with Crippen LogP contribution in [-0.2, 0) is 0 Å². The molecular weight excluding hydrogens is 249 g/mol. The Balaban J connectivity index is 2.53. The van der Waals surface area contributed by atoms with Gasteiger partial charge in [-0.25, -0.2) is 4.39 Å². The average molecular weight is 271 g/mol. The molecule has 0 fully saturated rings. The summed E-state index contributed by atoms with van der Waals surface area (Å²) in [6.45, 7) is 1.94. The van der Waals surface area contributed by atoms with E-state index in [0.717, 1.165) is 18.7 Å². The van der Waals surface area contributed by atoms with E-state index in [2.05, 4.69) is 10.3 Å². The van der Waals surface area contributed by atoms with Crippen LogP contribution in [0.15, 0.2) is 18.3 Å². The molecule has 0 aromatic carbocycles. The summed E-state index contributed by atoms with van der Waals surface area (Å²) < 4.78 is 12.8. The second-order valence-corrected chi connectivity index (χ2v) is 4.32. The summed E-state index contributed by atoms with van der Waals surface area (Å²) in [5.74, 6) is -0.346. The third-order valence-corrected chi connectivity index (χ3v) is 3.02. The first-order valence-electron chi connectivity index (χ1n) is 6.44. The molecule has 0 saturated carbocycles. The molecule has 108 valence electrons. The van der Waals surface area contributed by atoms with Crippen molar-refractivity contribution in [2.45, 2.75) is 12.5 Å². The number of halogens is 1. The smallest absolute Gasteiger partial charge is 0.141 e. The lowest BCUT2D eigenvalue weighted by Gasteiger charge is -2.23. The van der Waals surface area contributed by atoms with E-state index in [1.165, 1.54) is 12.3 Å². The van der Waals surface area contributed by atoms with Crippen molar-refractivity contribution >= 4 is 0 Å². The van der Waals surface area contributed by atoms with Gasteiger partial charge in [0.25, 0.3) is 0 Å². The Labute approximate surface area is 113 Å². The molecule has 0 amide bonds. The Morgan fingerprint density at radius 2 is 1.95 bits per heavy atom. The lowest BCUT2D eigenvalue weighted by Crippen LogP contribution is -2.33. The molecule has 1 unspecified atom stereocenters. The van der Waals surface area contributed by atoms with Crippen molar-refractivity contribution in [3.8, 4) is 0 Å². The molecule has 0 bridgehead atoms. The molecule has 5 nitrogen and oxygen atoms in total. The van der Waals surface area contributed by atoms with Crippen molar-refractivity contribution < 1.29 is 14.6 Å². The highest BCUT2D eigenvalue weighted by Crippen LogP contribution is 2.14. The molecule has 3 N–H and O–H groups in total. The lowest BCUT2D eigenvalue weighted by molar-refractivity contribution is 0.156. The van der Waals surface area contributed by atoms with Crippen molar-refractivity contribution in [1.29, 1.82) is 0 Å². The lowest BCUT2D eigenvalue weighted by atomic mass is 10.1. The third-order valence-electron chi connectivity index (χ3n) is 3.02. The molecule has 1 rings (SSSR count). The van der Waals surface area contributed by atoms with Gasteiger partial charge >= 0.3 is 0 Å². The highest BCUT2D eigenvalue weighted by Gasteiger charge is 2.13. The van der Waals surface area contributed by atoms with E-state index in [0.29, 0.717) is 13.1 Å². The number of hydrogen-bond acceptors (Lipinski definition) is 5. The summed E-state index contributed by atoms with van der Waals surface area (Å²) in [6.07, 6.45) is 1.98. The fourth-order valence-corrected chi connectivity index (χ4v) is 1.96. The van der Waals surface area contributed by atoms with Crippen LogP contribution in [0.3, 0.4) is 0 Å². The minimum atomic E-state index is -0.346.